The molecule has 0 atom stereocenters. The molecule has 0 amide bonds. The number of nitrogens with zero attached hydrogens (tertiary/aromatic N) is 3. The lowest BCUT2D eigenvalue weighted by Gasteiger charge is -1.97. The van der Waals surface area contributed by atoms with Crippen molar-refractivity contribution < 1.29 is 0 Å². The van der Waals surface area contributed by atoms with Crippen LogP contribution in [0, 0.1) is 0 Å². The third kappa shape index (κ3) is 1.18. The second-order valence-corrected chi connectivity index (χ2v) is 2.80. The van der Waals surface area contributed by atoms with Crippen molar-refractivity contribution in [3.63, 3.8) is 0 Å². The van der Waals surface area contributed by atoms with E-state index in [1.807, 2.05) is 18.3 Å². The van der Waals surface area contributed by atoms with E-state index in [4.69, 9.17) is 0 Å². The molecular formula is C9H11N3. The van der Waals surface area contributed by atoms with Gasteiger partial charge in [0, 0.05) is 18.0 Å². The summed E-state index contributed by atoms with van der Waals surface area (Å²) in [4.78, 5) is 4.43. The highest BCUT2D eigenvalue weighted by Gasteiger charge is 1.96. The lowest BCUT2D eigenvalue weighted by atomic mass is 10.2. The zero-order valence-corrected chi connectivity index (χ0v) is 7.07. The monoisotopic (exact) mass is 161 g/mol. The van der Waals surface area contributed by atoms with Gasteiger partial charge in [-0.15, -0.1) is 0 Å². The van der Waals surface area contributed by atoms with E-state index in [1.54, 1.807) is 10.7 Å². The van der Waals surface area contributed by atoms with Gasteiger partial charge in [-0.2, -0.15) is 5.10 Å². The summed E-state index contributed by atoms with van der Waals surface area (Å²) < 4.78 is 1.78. The van der Waals surface area contributed by atoms with Crippen molar-refractivity contribution in [3.8, 4) is 0 Å². The minimum Gasteiger partial charge on any atom is -0.234 e. The van der Waals surface area contributed by atoms with Gasteiger partial charge in [0.25, 0.3) is 0 Å². The average molecular weight is 161 g/mol. The summed E-state index contributed by atoms with van der Waals surface area (Å²) in [6.45, 7) is 2.16. The van der Waals surface area contributed by atoms with Crippen LogP contribution < -0.4 is 0 Å². The first-order valence-electron chi connectivity index (χ1n) is 4.19. The topological polar surface area (TPSA) is 30.2 Å². The van der Waals surface area contributed by atoms with Crippen LogP contribution in [-0.4, -0.2) is 14.6 Å². The smallest absolute Gasteiger partial charge is 0.155 e. The van der Waals surface area contributed by atoms with Crippen LogP contribution in [-0.2, 0) is 6.42 Å². The SMILES string of the molecule is CCCc1ccn2nccc2n1. The summed E-state index contributed by atoms with van der Waals surface area (Å²) in [5.74, 6) is 0. The summed E-state index contributed by atoms with van der Waals surface area (Å²) in [7, 11) is 0. The minimum absolute atomic E-state index is 0.931. The molecule has 0 unspecified atom stereocenters. The van der Waals surface area contributed by atoms with E-state index < -0.39 is 0 Å². The molecule has 0 spiro atoms. The van der Waals surface area contributed by atoms with Gasteiger partial charge in [-0.1, -0.05) is 13.3 Å². The first-order valence-corrected chi connectivity index (χ1v) is 4.19. The lowest BCUT2D eigenvalue weighted by molar-refractivity contribution is 0.858. The van der Waals surface area contributed by atoms with Crippen molar-refractivity contribution in [3.05, 3.63) is 30.2 Å². The Morgan fingerprint density at radius 3 is 3.17 bits per heavy atom. The second-order valence-electron chi connectivity index (χ2n) is 2.80. The molecule has 2 aromatic heterocycles. The van der Waals surface area contributed by atoms with Gasteiger partial charge >= 0.3 is 0 Å². The Morgan fingerprint density at radius 1 is 1.42 bits per heavy atom. The molecular weight excluding hydrogens is 150 g/mol. The molecule has 12 heavy (non-hydrogen) atoms. The minimum atomic E-state index is 0.931. The van der Waals surface area contributed by atoms with Crippen LogP contribution in [0.1, 0.15) is 19.0 Å². The maximum Gasteiger partial charge on any atom is 0.155 e. The van der Waals surface area contributed by atoms with Crippen molar-refractivity contribution in [1.82, 2.24) is 14.6 Å². The fraction of sp³-hybridized carbons (Fsp3) is 0.333. The van der Waals surface area contributed by atoms with E-state index in [9.17, 15) is 0 Å². The molecule has 0 aliphatic rings. The maximum absolute atomic E-state index is 4.43. The Bertz CT molecular complexity index is 378. The van der Waals surface area contributed by atoms with Crippen molar-refractivity contribution in [2.45, 2.75) is 19.8 Å². The summed E-state index contributed by atoms with van der Waals surface area (Å²) >= 11 is 0. The molecule has 3 nitrogen and oxygen atoms in total. The number of hydrogen-bond acceptors (Lipinski definition) is 2. The van der Waals surface area contributed by atoms with E-state index in [1.165, 1.54) is 0 Å². The first-order chi connectivity index (χ1) is 5.90. The third-order valence-corrected chi connectivity index (χ3v) is 1.82. The van der Waals surface area contributed by atoms with Crippen molar-refractivity contribution >= 4 is 5.65 Å². The molecule has 3 heteroatoms. The van der Waals surface area contributed by atoms with E-state index in [0.717, 1.165) is 24.2 Å². The molecule has 0 aliphatic heterocycles. The molecule has 2 heterocycles. The van der Waals surface area contributed by atoms with Crippen molar-refractivity contribution in [2.75, 3.05) is 0 Å². The Balaban J connectivity index is 2.46. The highest BCUT2D eigenvalue weighted by Crippen LogP contribution is 2.02. The van der Waals surface area contributed by atoms with Gasteiger partial charge in [0.1, 0.15) is 0 Å². The van der Waals surface area contributed by atoms with Crippen LogP contribution in [0.2, 0.25) is 0 Å². The normalized spacial score (nSPS) is 10.8. The molecule has 0 aromatic carbocycles. The second kappa shape index (κ2) is 2.93. The molecule has 0 radical (unpaired) electrons. The standard InChI is InChI=1S/C9H11N3/c1-2-3-8-5-7-12-9(11-8)4-6-10-12/h4-7H,2-3H2,1H3. The Morgan fingerprint density at radius 2 is 2.33 bits per heavy atom. The summed E-state index contributed by atoms with van der Waals surface area (Å²) in [5, 5.41) is 4.07. The summed E-state index contributed by atoms with van der Waals surface area (Å²) in [5.41, 5.74) is 2.08. The number of fused-ring (bicyclic) bond motifs is 1. The van der Waals surface area contributed by atoms with Gasteiger partial charge in [0.15, 0.2) is 5.65 Å². The van der Waals surface area contributed by atoms with Gasteiger partial charge < -0.3 is 0 Å². The first kappa shape index (κ1) is 7.28. The fourth-order valence-corrected chi connectivity index (χ4v) is 1.25. The fourth-order valence-electron chi connectivity index (χ4n) is 1.25. The lowest BCUT2D eigenvalue weighted by Crippen LogP contribution is -1.94. The molecule has 0 bridgehead atoms. The molecule has 2 aromatic rings. The molecule has 0 saturated carbocycles. The Hall–Kier alpha value is -1.38. The van der Waals surface area contributed by atoms with E-state index in [2.05, 4.69) is 17.0 Å². The van der Waals surface area contributed by atoms with Crippen LogP contribution in [0.15, 0.2) is 24.5 Å². The molecule has 0 aliphatic carbocycles. The highest BCUT2D eigenvalue weighted by molar-refractivity contribution is 5.36. The van der Waals surface area contributed by atoms with Gasteiger partial charge in [-0.3, -0.25) is 0 Å². The van der Waals surface area contributed by atoms with Crippen LogP contribution in [0.25, 0.3) is 5.65 Å². The van der Waals surface area contributed by atoms with Gasteiger partial charge in [-0.25, -0.2) is 9.50 Å². The number of rotatable bonds is 2. The van der Waals surface area contributed by atoms with Crippen LogP contribution in [0.5, 0.6) is 0 Å². The third-order valence-electron chi connectivity index (χ3n) is 1.82. The predicted molar refractivity (Wildman–Crippen MR) is 47.0 cm³/mol. The number of aryl methyl sites for hydroxylation is 1. The van der Waals surface area contributed by atoms with Gasteiger partial charge in [0.2, 0.25) is 0 Å². The Kier molecular flexibility index (Phi) is 1.78. The molecule has 0 N–H and O–H groups in total. The molecule has 0 fully saturated rings. The largest absolute Gasteiger partial charge is 0.234 e. The highest BCUT2D eigenvalue weighted by atomic mass is 15.2. The zero-order valence-electron chi connectivity index (χ0n) is 7.07. The van der Waals surface area contributed by atoms with Crippen LogP contribution in [0.4, 0.5) is 0 Å². The Labute approximate surface area is 71.1 Å². The summed E-state index contributed by atoms with van der Waals surface area (Å²) in [6.07, 6.45) is 5.89. The van der Waals surface area contributed by atoms with Crippen LogP contribution >= 0.6 is 0 Å². The van der Waals surface area contributed by atoms with E-state index in [0.29, 0.717) is 0 Å². The number of hydrogen-bond donors (Lipinski definition) is 0. The molecule has 2 rings (SSSR count). The zero-order chi connectivity index (χ0) is 8.39. The molecule has 62 valence electrons. The van der Waals surface area contributed by atoms with Crippen LogP contribution in [0.3, 0.4) is 0 Å². The number of aromatic nitrogens is 3. The average Bonchev–Trinajstić information content (AvgIpc) is 2.51. The molecule has 0 saturated heterocycles. The van der Waals surface area contributed by atoms with Crippen molar-refractivity contribution in [2.24, 2.45) is 0 Å². The summed E-state index contributed by atoms with van der Waals surface area (Å²) in [6, 6.07) is 3.93. The van der Waals surface area contributed by atoms with Gasteiger partial charge in [-0.05, 0) is 12.5 Å². The van der Waals surface area contributed by atoms with E-state index >= 15 is 0 Å². The van der Waals surface area contributed by atoms with Crippen molar-refractivity contribution in [1.29, 1.82) is 0 Å². The van der Waals surface area contributed by atoms with E-state index in [-0.39, 0.29) is 0 Å². The maximum atomic E-state index is 4.43. The predicted octanol–water partition coefficient (Wildman–Crippen LogP) is 1.68. The quantitative estimate of drug-likeness (QED) is 0.670. The van der Waals surface area contributed by atoms with Gasteiger partial charge in [0.05, 0.1) is 6.20 Å².